The lowest BCUT2D eigenvalue weighted by Gasteiger charge is -2.11. The van der Waals surface area contributed by atoms with Crippen molar-refractivity contribution in [1.29, 1.82) is 0 Å². The lowest BCUT2D eigenvalue weighted by Crippen LogP contribution is -2.16. The van der Waals surface area contributed by atoms with Gasteiger partial charge >= 0.3 is 0 Å². The number of ether oxygens (including phenoxy) is 1. The Balaban J connectivity index is 2.42. The largest absolute Gasteiger partial charge is 0.393 e. The van der Waals surface area contributed by atoms with Gasteiger partial charge in [-0.3, -0.25) is 4.68 Å². The third-order valence-corrected chi connectivity index (χ3v) is 2.96. The second-order valence-electron chi connectivity index (χ2n) is 4.56. The zero-order valence-corrected chi connectivity index (χ0v) is 11.9. The van der Waals surface area contributed by atoms with Crippen molar-refractivity contribution >= 4 is 0 Å². The number of nitrogens with zero attached hydrogens (tertiary/aromatic N) is 2. The number of rotatable bonds is 9. The molecule has 0 aliphatic heterocycles. The van der Waals surface area contributed by atoms with Gasteiger partial charge in [-0.15, -0.1) is 0 Å². The van der Waals surface area contributed by atoms with Crippen LogP contribution in [0.5, 0.6) is 0 Å². The molecule has 1 N–H and O–H groups in total. The molecule has 0 amide bonds. The van der Waals surface area contributed by atoms with Crippen molar-refractivity contribution in [2.75, 3.05) is 13.2 Å². The molecule has 0 fully saturated rings. The summed E-state index contributed by atoms with van der Waals surface area (Å²) in [6, 6.07) is 2.10. The van der Waals surface area contributed by atoms with Crippen molar-refractivity contribution in [3.05, 3.63) is 17.5 Å². The first-order valence-electron chi connectivity index (χ1n) is 7.02. The van der Waals surface area contributed by atoms with Crippen molar-refractivity contribution in [1.82, 2.24) is 9.78 Å². The molecular weight excluding hydrogens is 228 g/mol. The SMILES string of the molecule is CCCOCCC(O)Cc1cc(CC)nn1CC. The third kappa shape index (κ3) is 4.78. The molecule has 1 unspecified atom stereocenters. The van der Waals surface area contributed by atoms with Crippen LogP contribution >= 0.6 is 0 Å². The van der Waals surface area contributed by atoms with Crippen LogP contribution in [0, 0.1) is 0 Å². The number of aliphatic hydroxyl groups excluding tert-OH is 1. The predicted molar refractivity (Wildman–Crippen MR) is 72.7 cm³/mol. The molecule has 0 radical (unpaired) electrons. The second-order valence-corrected chi connectivity index (χ2v) is 4.56. The first-order chi connectivity index (χ1) is 8.71. The van der Waals surface area contributed by atoms with Gasteiger partial charge in [-0.2, -0.15) is 5.10 Å². The first-order valence-corrected chi connectivity index (χ1v) is 7.02. The van der Waals surface area contributed by atoms with Crippen molar-refractivity contribution in [2.24, 2.45) is 0 Å². The van der Waals surface area contributed by atoms with E-state index < -0.39 is 0 Å². The standard InChI is InChI=1S/C14H26N2O2/c1-4-8-18-9-7-14(17)11-13-10-12(5-2)15-16(13)6-3/h10,14,17H,4-9,11H2,1-3H3. The Morgan fingerprint density at radius 1 is 1.33 bits per heavy atom. The van der Waals surface area contributed by atoms with Crippen LogP contribution in [0.2, 0.25) is 0 Å². The molecule has 0 aliphatic rings. The van der Waals surface area contributed by atoms with Crippen LogP contribution < -0.4 is 0 Å². The van der Waals surface area contributed by atoms with Gasteiger partial charge in [0.1, 0.15) is 0 Å². The summed E-state index contributed by atoms with van der Waals surface area (Å²) in [5.41, 5.74) is 2.22. The quantitative estimate of drug-likeness (QED) is 0.687. The number of aromatic nitrogens is 2. The molecule has 0 spiro atoms. The van der Waals surface area contributed by atoms with Gasteiger partial charge in [-0.1, -0.05) is 13.8 Å². The van der Waals surface area contributed by atoms with Crippen LogP contribution in [-0.2, 0) is 24.1 Å². The molecule has 1 atom stereocenters. The Morgan fingerprint density at radius 3 is 2.72 bits per heavy atom. The fourth-order valence-electron chi connectivity index (χ4n) is 1.94. The van der Waals surface area contributed by atoms with E-state index in [1.807, 2.05) is 4.68 Å². The molecule has 0 aromatic carbocycles. The Labute approximate surface area is 110 Å². The summed E-state index contributed by atoms with van der Waals surface area (Å²) in [4.78, 5) is 0. The molecule has 4 nitrogen and oxygen atoms in total. The van der Waals surface area contributed by atoms with E-state index in [4.69, 9.17) is 4.74 Å². The van der Waals surface area contributed by atoms with Gasteiger partial charge in [-0.05, 0) is 32.3 Å². The van der Waals surface area contributed by atoms with E-state index >= 15 is 0 Å². The second kappa shape index (κ2) is 8.27. The van der Waals surface area contributed by atoms with E-state index in [1.165, 1.54) is 0 Å². The number of hydrogen-bond donors (Lipinski definition) is 1. The van der Waals surface area contributed by atoms with E-state index in [9.17, 15) is 5.11 Å². The maximum atomic E-state index is 9.98. The highest BCUT2D eigenvalue weighted by molar-refractivity contribution is 5.11. The minimum atomic E-state index is -0.339. The molecule has 0 saturated heterocycles. The van der Waals surface area contributed by atoms with Crippen LogP contribution in [0.1, 0.15) is 45.0 Å². The van der Waals surface area contributed by atoms with Gasteiger partial charge in [0.25, 0.3) is 0 Å². The topological polar surface area (TPSA) is 47.3 Å². The van der Waals surface area contributed by atoms with Crippen molar-refractivity contribution in [3.63, 3.8) is 0 Å². The average molecular weight is 254 g/mol. The highest BCUT2D eigenvalue weighted by atomic mass is 16.5. The summed E-state index contributed by atoms with van der Waals surface area (Å²) in [5.74, 6) is 0. The Bertz CT molecular complexity index is 337. The molecular formula is C14H26N2O2. The summed E-state index contributed by atoms with van der Waals surface area (Å²) >= 11 is 0. The fourth-order valence-corrected chi connectivity index (χ4v) is 1.94. The van der Waals surface area contributed by atoms with Crippen LogP contribution in [0.4, 0.5) is 0 Å². The number of aryl methyl sites for hydroxylation is 2. The molecule has 18 heavy (non-hydrogen) atoms. The zero-order valence-electron chi connectivity index (χ0n) is 11.9. The molecule has 0 aliphatic carbocycles. The van der Waals surface area contributed by atoms with Gasteiger partial charge in [-0.25, -0.2) is 0 Å². The minimum Gasteiger partial charge on any atom is -0.393 e. The van der Waals surface area contributed by atoms with Gasteiger partial charge in [0.2, 0.25) is 0 Å². The van der Waals surface area contributed by atoms with Crippen LogP contribution in [-0.4, -0.2) is 34.2 Å². The molecule has 1 aromatic rings. The lowest BCUT2D eigenvalue weighted by molar-refractivity contribution is 0.0815. The van der Waals surface area contributed by atoms with Gasteiger partial charge in [0.05, 0.1) is 11.8 Å². The van der Waals surface area contributed by atoms with E-state index in [1.54, 1.807) is 0 Å². The maximum absolute atomic E-state index is 9.98. The van der Waals surface area contributed by atoms with Crippen LogP contribution in [0.25, 0.3) is 0 Å². The normalized spacial score (nSPS) is 12.9. The van der Waals surface area contributed by atoms with Gasteiger partial charge in [0, 0.05) is 31.9 Å². The van der Waals surface area contributed by atoms with Crippen molar-refractivity contribution < 1.29 is 9.84 Å². The number of aliphatic hydroxyl groups is 1. The smallest absolute Gasteiger partial charge is 0.0624 e. The average Bonchev–Trinajstić information content (AvgIpc) is 2.77. The van der Waals surface area contributed by atoms with Gasteiger partial charge in [0.15, 0.2) is 0 Å². The molecule has 4 heteroatoms. The highest BCUT2D eigenvalue weighted by Gasteiger charge is 2.11. The summed E-state index contributed by atoms with van der Waals surface area (Å²) < 4.78 is 7.37. The first kappa shape index (κ1) is 15.2. The van der Waals surface area contributed by atoms with Crippen LogP contribution in [0.15, 0.2) is 6.07 Å². The summed E-state index contributed by atoms with van der Waals surface area (Å²) in [6.07, 6.45) is 2.98. The predicted octanol–water partition coefficient (Wildman–Crippen LogP) is 2.19. The van der Waals surface area contributed by atoms with E-state index in [0.717, 1.165) is 37.4 Å². The van der Waals surface area contributed by atoms with E-state index in [-0.39, 0.29) is 6.10 Å². The van der Waals surface area contributed by atoms with Crippen molar-refractivity contribution in [2.45, 2.75) is 59.1 Å². The lowest BCUT2D eigenvalue weighted by atomic mass is 10.1. The third-order valence-electron chi connectivity index (χ3n) is 2.96. The highest BCUT2D eigenvalue weighted by Crippen LogP contribution is 2.10. The maximum Gasteiger partial charge on any atom is 0.0624 e. The van der Waals surface area contributed by atoms with Crippen molar-refractivity contribution in [3.8, 4) is 0 Å². The van der Waals surface area contributed by atoms with Gasteiger partial charge < -0.3 is 9.84 Å². The summed E-state index contributed by atoms with van der Waals surface area (Å²) in [6.45, 7) is 8.53. The van der Waals surface area contributed by atoms with E-state index in [0.29, 0.717) is 19.4 Å². The Hall–Kier alpha value is -0.870. The monoisotopic (exact) mass is 254 g/mol. The van der Waals surface area contributed by atoms with E-state index in [2.05, 4.69) is 31.9 Å². The molecule has 1 rings (SSSR count). The minimum absolute atomic E-state index is 0.339. The zero-order chi connectivity index (χ0) is 13.4. The molecule has 1 heterocycles. The fraction of sp³-hybridized carbons (Fsp3) is 0.786. The Morgan fingerprint density at radius 2 is 2.11 bits per heavy atom. The molecule has 0 saturated carbocycles. The summed E-state index contributed by atoms with van der Waals surface area (Å²) in [5, 5.41) is 14.5. The summed E-state index contributed by atoms with van der Waals surface area (Å²) in [7, 11) is 0. The molecule has 1 aromatic heterocycles. The molecule has 104 valence electrons. The molecule has 0 bridgehead atoms. The number of hydrogen-bond acceptors (Lipinski definition) is 3. The van der Waals surface area contributed by atoms with Crippen LogP contribution in [0.3, 0.4) is 0 Å². The Kier molecular flexibility index (Phi) is 6.98.